The van der Waals surface area contributed by atoms with Crippen LogP contribution in [-0.2, 0) is 9.53 Å². The molecule has 1 aromatic rings. The number of aliphatic imine (C=N–C) groups is 1. The number of carbonyl (C=O) groups excluding carboxylic acids is 1. The van der Waals surface area contributed by atoms with E-state index in [4.69, 9.17) is 16.3 Å². The molecule has 1 N–H and O–H groups in total. The fraction of sp³-hybridized carbons (Fsp3) is 0.308. The van der Waals surface area contributed by atoms with Gasteiger partial charge < -0.3 is 9.84 Å². The molecule has 0 aliphatic carbocycles. The number of hydrogen-bond donors (Lipinski definition) is 1. The van der Waals surface area contributed by atoms with Crippen molar-refractivity contribution in [3.05, 3.63) is 32.1 Å². The Bertz CT molecular complexity index is 559. The molecule has 0 fully saturated rings. The summed E-state index contributed by atoms with van der Waals surface area (Å²) in [6, 6.07) is 1.63. The average molecular weight is 409 g/mol. The summed E-state index contributed by atoms with van der Waals surface area (Å²) in [7, 11) is 0. The zero-order chi connectivity index (χ0) is 15.1. The van der Waals surface area contributed by atoms with Crippen LogP contribution in [0.25, 0.3) is 5.76 Å². The van der Waals surface area contributed by atoms with Gasteiger partial charge in [0, 0.05) is 22.5 Å². The average Bonchev–Trinajstić information content (AvgIpc) is 2.42. The maximum absolute atomic E-state index is 11.9. The van der Waals surface area contributed by atoms with Crippen LogP contribution in [0.4, 0.5) is 0 Å². The van der Waals surface area contributed by atoms with Crippen molar-refractivity contribution in [1.29, 1.82) is 0 Å². The number of carbonyl (C=O) groups is 1. The van der Waals surface area contributed by atoms with E-state index in [1.54, 1.807) is 19.2 Å². The molecular weight excluding hydrogens is 395 g/mol. The standard InChI is InChI=1S/C13H14ClIN2O3/c1-3-16-7-10(13(19)20-4-2)11(18)9-5-8(15)6-17-12(9)14/h5-7,18H,3-4H2,1-2H3/b11-10-,16-7?. The van der Waals surface area contributed by atoms with Gasteiger partial charge in [-0.3, -0.25) is 4.99 Å². The Labute approximate surface area is 135 Å². The van der Waals surface area contributed by atoms with Crippen LogP contribution in [0.2, 0.25) is 5.15 Å². The number of hydrogen-bond acceptors (Lipinski definition) is 5. The Kier molecular flexibility index (Phi) is 6.94. The van der Waals surface area contributed by atoms with Gasteiger partial charge in [0.25, 0.3) is 0 Å². The first-order valence-electron chi connectivity index (χ1n) is 5.92. The van der Waals surface area contributed by atoms with Crippen LogP contribution in [0, 0.1) is 3.57 Å². The molecule has 0 amide bonds. The predicted molar refractivity (Wildman–Crippen MR) is 87.2 cm³/mol. The van der Waals surface area contributed by atoms with E-state index in [-0.39, 0.29) is 28.7 Å². The minimum absolute atomic E-state index is 0.0422. The van der Waals surface area contributed by atoms with Gasteiger partial charge in [0.2, 0.25) is 0 Å². The molecule has 1 heterocycles. The van der Waals surface area contributed by atoms with Crippen molar-refractivity contribution in [2.45, 2.75) is 13.8 Å². The third-order valence-corrected chi connectivity index (χ3v) is 3.11. The maximum atomic E-state index is 11.9. The van der Waals surface area contributed by atoms with Crippen molar-refractivity contribution < 1.29 is 14.6 Å². The first-order valence-corrected chi connectivity index (χ1v) is 7.38. The van der Waals surface area contributed by atoms with Gasteiger partial charge in [-0.15, -0.1) is 0 Å². The van der Waals surface area contributed by atoms with Crippen LogP contribution >= 0.6 is 34.2 Å². The Morgan fingerprint density at radius 2 is 2.30 bits per heavy atom. The molecule has 1 aromatic heterocycles. The third-order valence-electron chi connectivity index (χ3n) is 2.21. The molecule has 1 rings (SSSR count). The second kappa shape index (κ2) is 8.21. The minimum atomic E-state index is -0.655. The van der Waals surface area contributed by atoms with Crippen molar-refractivity contribution >= 4 is 52.1 Å². The summed E-state index contributed by atoms with van der Waals surface area (Å²) >= 11 is 7.98. The van der Waals surface area contributed by atoms with Crippen molar-refractivity contribution in [2.24, 2.45) is 4.99 Å². The number of rotatable bonds is 5. The summed E-state index contributed by atoms with van der Waals surface area (Å²) in [6.07, 6.45) is 2.84. The normalized spacial score (nSPS) is 12.4. The Morgan fingerprint density at radius 3 is 2.90 bits per heavy atom. The van der Waals surface area contributed by atoms with Crippen molar-refractivity contribution in [1.82, 2.24) is 4.98 Å². The van der Waals surface area contributed by atoms with Crippen LogP contribution < -0.4 is 0 Å². The molecule has 0 saturated heterocycles. The molecule has 0 bridgehead atoms. The Hall–Kier alpha value is -1.15. The second-order valence-corrected chi connectivity index (χ2v) is 5.21. The van der Waals surface area contributed by atoms with Crippen LogP contribution in [0.1, 0.15) is 19.4 Å². The molecule has 0 aliphatic heterocycles. The molecular formula is C13H14ClIN2O3. The van der Waals surface area contributed by atoms with Crippen LogP contribution in [-0.4, -0.2) is 35.4 Å². The summed E-state index contributed by atoms with van der Waals surface area (Å²) in [5.74, 6) is -0.950. The van der Waals surface area contributed by atoms with Crippen LogP contribution in [0.3, 0.4) is 0 Å². The number of nitrogens with zero attached hydrogens (tertiary/aromatic N) is 2. The number of aromatic nitrogens is 1. The first-order chi connectivity index (χ1) is 9.51. The van der Waals surface area contributed by atoms with Crippen LogP contribution in [0.15, 0.2) is 22.8 Å². The quantitative estimate of drug-likeness (QED) is 0.203. The highest BCUT2D eigenvalue weighted by atomic mass is 127. The molecule has 108 valence electrons. The topological polar surface area (TPSA) is 71.8 Å². The number of aliphatic hydroxyl groups excluding tert-OH is 1. The third kappa shape index (κ3) is 4.45. The summed E-state index contributed by atoms with van der Waals surface area (Å²) < 4.78 is 5.68. The lowest BCUT2D eigenvalue weighted by Crippen LogP contribution is -2.12. The van der Waals surface area contributed by atoms with E-state index >= 15 is 0 Å². The lowest BCUT2D eigenvalue weighted by atomic mass is 10.1. The SMILES string of the molecule is CCN=C/C(C(=O)OCC)=C(/O)c1cc(I)cnc1Cl. The van der Waals surface area contributed by atoms with Gasteiger partial charge in [-0.1, -0.05) is 11.6 Å². The lowest BCUT2D eigenvalue weighted by Gasteiger charge is -2.08. The van der Waals surface area contributed by atoms with E-state index in [0.717, 1.165) is 3.57 Å². The Morgan fingerprint density at radius 1 is 1.60 bits per heavy atom. The fourth-order valence-electron chi connectivity index (χ4n) is 1.34. The molecule has 7 heteroatoms. The van der Waals surface area contributed by atoms with Gasteiger partial charge in [-0.25, -0.2) is 9.78 Å². The highest BCUT2D eigenvalue weighted by molar-refractivity contribution is 14.1. The summed E-state index contributed by atoms with van der Waals surface area (Å²) in [4.78, 5) is 19.8. The molecule has 0 aliphatic rings. The zero-order valence-corrected chi connectivity index (χ0v) is 14.0. The smallest absolute Gasteiger partial charge is 0.343 e. The number of ether oxygens (including phenoxy) is 1. The largest absolute Gasteiger partial charge is 0.506 e. The van der Waals surface area contributed by atoms with Crippen molar-refractivity contribution in [3.8, 4) is 0 Å². The number of pyridine rings is 1. The molecule has 0 radical (unpaired) electrons. The zero-order valence-electron chi connectivity index (χ0n) is 11.1. The molecule has 5 nitrogen and oxygen atoms in total. The van der Waals surface area contributed by atoms with Crippen molar-refractivity contribution in [3.63, 3.8) is 0 Å². The maximum Gasteiger partial charge on any atom is 0.343 e. The van der Waals surface area contributed by atoms with Gasteiger partial charge >= 0.3 is 5.97 Å². The fourth-order valence-corrected chi connectivity index (χ4v) is 1.98. The number of aliphatic hydroxyl groups is 1. The van der Waals surface area contributed by atoms with Gasteiger partial charge in [0.15, 0.2) is 0 Å². The van der Waals surface area contributed by atoms with Gasteiger partial charge in [0.05, 0.1) is 12.2 Å². The minimum Gasteiger partial charge on any atom is -0.506 e. The van der Waals surface area contributed by atoms with E-state index < -0.39 is 5.97 Å². The molecule has 20 heavy (non-hydrogen) atoms. The molecule has 0 atom stereocenters. The van der Waals surface area contributed by atoms with Crippen molar-refractivity contribution in [2.75, 3.05) is 13.2 Å². The predicted octanol–water partition coefficient (Wildman–Crippen LogP) is 3.26. The molecule has 0 saturated carbocycles. The number of halogens is 2. The molecule has 0 aromatic carbocycles. The van der Waals surface area contributed by atoms with E-state index in [0.29, 0.717) is 6.54 Å². The molecule has 0 spiro atoms. The number of esters is 1. The highest BCUT2D eigenvalue weighted by Crippen LogP contribution is 2.24. The van der Waals surface area contributed by atoms with Crippen LogP contribution in [0.5, 0.6) is 0 Å². The second-order valence-electron chi connectivity index (χ2n) is 3.60. The lowest BCUT2D eigenvalue weighted by molar-refractivity contribution is -0.137. The summed E-state index contributed by atoms with van der Waals surface area (Å²) in [6.45, 7) is 4.18. The van der Waals surface area contributed by atoms with Gasteiger partial charge in [0.1, 0.15) is 16.5 Å². The van der Waals surface area contributed by atoms with E-state index in [1.165, 1.54) is 6.21 Å². The Balaban J connectivity index is 3.35. The van der Waals surface area contributed by atoms with Gasteiger partial charge in [-0.05, 0) is 42.5 Å². The van der Waals surface area contributed by atoms with E-state index in [1.807, 2.05) is 29.5 Å². The highest BCUT2D eigenvalue weighted by Gasteiger charge is 2.18. The monoisotopic (exact) mass is 408 g/mol. The first kappa shape index (κ1) is 16.9. The van der Waals surface area contributed by atoms with Gasteiger partial charge in [-0.2, -0.15) is 0 Å². The van der Waals surface area contributed by atoms with E-state index in [2.05, 4.69) is 9.98 Å². The summed E-state index contributed by atoms with van der Waals surface area (Å²) in [5.41, 5.74) is 0.226. The van der Waals surface area contributed by atoms with E-state index in [9.17, 15) is 9.90 Å². The molecule has 0 unspecified atom stereocenters. The summed E-state index contributed by atoms with van der Waals surface area (Å²) in [5, 5.41) is 10.4.